The van der Waals surface area contributed by atoms with Gasteiger partial charge in [0.1, 0.15) is 6.26 Å². The molecule has 0 radical (unpaired) electrons. The molecule has 3 rings (SSSR count). The van der Waals surface area contributed by atoms with Crippen LogP contribution in [0.1, 0.15) is 52.1 Å². The molecule has 1 aromatic rings. The highest BCUT2D eigenvalue weighted by Crippen LogP contribution is 2.39. The van der Waals surface area contributed by atoms with Crippen molar-refractivity contribution in [3.63, 3.8) is 0 Å². The van der Waals surface area contributed by atoms with Gasteiger partial charge in [0.05, 0.1) is 5.69 Å². The molecule has 0 atom stereocenters. The minimum Gasteiger partial charge on any atom is -0.364 e. The summed E-state index contributed by atoms with van der Waals surface area (Å²) in [5, 5.41) is 7.53. The SMILES string of the molecule is CCNC(=NCC(C)(C)C1CCCC1)N1CCN(Cc2ccon2)CC1.I. The van der Waals surface area contributed by atoms with Crippen LogP contribution < -0.4 is 5.32 Å². The van der Waals surface area contributed by atoms with Crippen LogP contribution >= 0.6 is 24.0 Å². The number of rotatable bonds is 6. The van der Waals surface area contributed by atoms with E-state index in [1.807, 2.05) is 6.07 Å². The van der Waals surface area contributed by atoms with E-state index in [9.17, 15) is 0 Å². The first kappa shape index (κ1) is 22.5. The first-order chi connectivity index (χ1) is 12.6. The van der Waals surface area contributed by atoms with E-state index in [4.69, 9.17) is 9.52 Å². The van der Waals surface area contributed by atoms with Crippen molar-refractivity contribution in [1.82, 2.24) is 20.3 Å². The fourth-order valence-electron chi connectivity index (χ4n) is 4.21. The lowest BCUT2D eigenvalue weighted by Crippen LogP contribution is -2.52. The van der Waals surface area contributed by atoms with Crippen LogP contribution in [0, 0.1) is 11.3 Å². The highest BCUT2D eigenvalue weighted by Gasteiger charge is 2.32. The Morgan fingerprint density at radius 1 is 1.26 bits per heavy atom. The zero-order valence-electron chi connectivity index (χ0n) is 17.1. The number of aromatic nitrogens is 1. The van der Waals surface area contributed by atoms with Crippen LogP contribution in [0.5, 0.6) is 0 Å². The molecule has 6 nitrogen and oxygen atoms in total. The molecule has 7 heteroatoms. The Balaban J connectivity index is 0.00000261. The van der Waals surface area contributed by atoms with E-state index in [0.717, 1.165) is 63.4 Å². The average molecular weight is 489 g/mol. The van der Waals surface area contributed by atoms with E-state index in [0.29, 0.717) is 5.41 Å². The minimum atomic E-state index is 0. The quantitative estimate of drug-likeness (QED) is 0.376. The molecule has 1 aliphatic carbocycles. The summed E-state index contributed by atoms with van der Waals surface area (Å²) < 4.78 is 4.94. The summed E-state index contributed by atoms with van der Waals surface area (Å²) in [6, 6.07) is 1.95. The number of nitrogens with zero attached hydrogens (tertiary/aromatic N) is 4. The monoisotopic (exact) mass is 489 g/mol. The molecule has 2 heterocycles. The molecule has 0 amide bonds. The smallest absolute Gasteiger partial charge is 0.194 e. The van der Waals surface area contributed by atoms with Gasteiger partial charge in [0.25, 0.3) is 0 Å². The van der Waals surface area contributed by atoms with Crippen LogP contribution in [0.3, 0.4) is 0 Å². The lowest BCUT2D eigenvalue weighted by molar-refractivity contribution is 0.168. The molecule has 0 aromatic carbocycles. The van der Waals surface area contributed by atoms with Crippen LogP contribution in [0.4, 0.5) is 0 Å². The number of nitrogens with one attached hydrogen (secondary N) is 1. The summed E-state index contributed by atoms with van der Waals surface area (Å²) in [6.45, 7) is 13.7. The third kappa shape index (κ3) is 6.34. The van der Waals surface area contributed by atoms with Gasteiger partial charge < -0.3 is 14.7 Å². The number of guanidine groups is 1. The predicted octanol–water partition coefficient (Wildman–Crippen LogP) is 3.59. The van der Waals surface area contributed by atoms with Gasteiger partial charge >= 0.3 is 0 Å². The second kappa shape index (κ2) is 10.6. The van der Waals surface area contributed by atoms with Gasteiger partial charge in [-0.25, -0.2) is 0 Å². The van der Waals surface area contributed by atoms with Crippen LogP contribution in [-0.2, 0) is 6.54 Å². The number of hydrogen-bond donors (Lipinski definition) is 1. The summed E-state index contributed by atoms with van der Waals surface area (Å²) >= 11 is 0. The summed E-state index contributed by atoms with van der Waals surface area (Å²) in [6.07, 6.45) is 7.18. The van der Waals surface area contributed by atoms with Crippen molar-refractivity contribution in [2.45, 2.75) is 53.0 Å². The normalized spacial score (nSPS) is 20.0. The topological polar surface area (TPSA) is 56.9 Å². The number of hydrogen-bond acceptors (Lipinski definition) is 4. The Kier molecular flexibility index (Phi) is 8.85. The number of piperazine rings is 1. The van der Waals surface area contributed by atoms with Crippen molar-refractivity contribution < 1.29 is 4.52 Å². The first-order valence-electron chi connectivity index (χ1n) is 10.2. The standard InChI is InChI=1S/C20H35N5O.HI/c1-4-21-19(22-16-20(2,3)17-7-5-6-8-17)25-12-10-24(11-13-25)15-18-9-14-26-23-18;/h9,14,17H,4-8,10-13,15-16H2,1-3H3,(H,21,22);1H. The third-order valence-corrected chi connectivity index (χ3v) is 5.98. The third-order valence-electron chi connectivity index (χ3n) is 5.98. The average Bonchev–Trinajstić information content (AvgIpc) is 3.33. The largest absolute Gasteiger partial charge is 0.364 e. The molecule has 1 saturated carbocycles. The van der Waals surface area contributed by atoms with Gasteiger partial charge in [-0.1, -0.05) is 31.8 Å². The molecule has 0 bridgehead atoms. The van der Waals surface area contributed by atoms with Crippen molar-refractivity contribution in [2.75, 3.05) is 39.3 Å². The fourth-order valence-corrected chi connectivity index (χ4v) is 4.21. The molecule has 1 aliphatic heterocycles. The molecule has 2 fully saturated rings. The summed E-state index contributed by atoms with van der Waals surface area (Å²) in [7, 11) is 0. The highest BCUT2D eigenvalue weighted by molar-refractivity contribution is 14.0. The molecular weight excluding hydrogens is 453 g/mol. The summed E-state index contributed by atoms with van der Waals surface area (Å²) in [5.41, 5.74) is 1.31. The lowest BCUT2D eigenvalue weighted by Gasteiger charge is -2.37. The van der Waals surface area contributed by atoms with Crippen LogP contribution in [0.25, 0.3) is 0 Å². The molecule has 27 heavy (non-hydrogen) atoms. The fraction of sp³-hybridized carbons (Fsp3) is 0.800. The van der Waals surface area contributed by atoms with Gasteiger partial charge in [-0.15, -0.1) is 24.0 Å². The van der Waals surface area contributed by atoms with Gasteiger partial charge in [0, 0.05) is 51.9 Å². The second-order valence-corrected chi connectivity index (χ2v) is 8.39. The first-order valence-corrected chi connectivity index (χ1v) is 10.2. The predicted molar refractivity (Wildman–Crippen MR) is 120 cm³/mol. The van der Waals surface area contributed by atoms with E-state index < -0.39 is 0 Å². The van der Waals surface area contributed by atoms with Crippen LogP contribution in [0.2, 0.25) is 0 Å². The van der Waals surface area contributed by atoms with E-state index in [1.54, 1.807) is 6.26 Å². The van der Waals surface area contributed by atoms with Crippen molar-refractivity contribution in [3.05, 3.63) is 18.0 Å². The Hall–Kier alpha value is -0.830. The maximum absolute atomic E-state index is 5.04. The van der Waals surface area contributed by atoms with Crippen LogP contribution in [-0.4, -0.2) is 60.2 Å². The number of aliphatic imine (C=N–C) groups is 1. The molecule has 0 unspecified atom stereocenters. The van der Waals surface area contributed by atoms with Gasteiger partial charge in [-0.2, -0.15) is 0 Å². The Morgan fingerprint density at radius 2 is 1.96 bits per heavy atom. The molecular formula is C20H36IN5O. The summed E-state index contributed by atoms with van der Waals surface area (Å²) in [5.74, 6) is 1.91. The van der Waals surface area contributed by atoms with Crippen molar-refractivity contribution >= 4 is 29.9 Å². The van der Waals surface area contributed by atoms with Crippen LogP contribution in [0.15, 0.2) is 21.8 Å². The van der Waals surface area contributed by atoms with E-state index >= 15 is 0 Å². The van der Waals surface area contributed by atoms with E-state index in [2.05, 4.69) is 41.0 Å². The zero-order chi connectivity index (χ0) is 18.4. The van der Waals surface area contributed by atoms with E-state index in [1.165, 1.54) is 25.7 Å². The second-order valence-electron chi connectivity index (χ2n) is 8.39. The van der Waals surface area contributed by atoms with Gasteiger partial charge in [-0.3, -0.25) is 9.89 Å². The van der Waals surface area contributed by atoms with Crippen molar-refractivity contribution in [1.29, 1.82) is 0 Å². The van der Waals surface area contributed by atoms with Gasteiger partial charge in [-0.05, 0) is 31.1 Å². The van der Waals surface area contributed by atoms with Gasteiger partial charge in [0.15, 0.2) is 5.96 Å². The summed E-state index contributed by atoms with van der Waals surface area (Å²) in [4.78, 5) is 9.88. The molecule has 0 spiro atoms. The maximum atomic E-state index is 5.04. The molecule has 1 N–H and O–H groups in total. The molecule has 2 aliphatic rings. The van der Waals surface area contributed by atoms with Gasteiger partial charge in [0.2, 0.25) is 0 Å². The van der Waals surface area contributed by atoms with Crippen molar-refractivity contribution in [2.24, 2.45) is 16.3 Å². The lowest BCUT2D eigenvalue weighted by atomic mass is 9.78. The Bertz CT molecular complexity index is 561. The highest BCUT2D eigenvalue weighted by atomic mass is 127. The molecule has 1 saturated heterocycles. The molecule has 1 aromatic heterocycles. The Morgan fingerprint density at radius 3 is 2.56 bits per heavy atom. The maximum Gasteiger partial charge on any atom is 0.194 e. The number of halogens is 1. The Labute approximate surface area is 181 Å². The van der Waals surface area contributed by atoms with E-state index in [-0.39, 0.29) is 24.0 Å². The minimum absolute atomic E-state index is 0. The van der Waals surface area contributed by atoms with Crippen molar-refractivity contribution in [3.8, 4) is 0 Å². The zero-order valence-corrected chi connectivity index (χ0v) is 19.4. The molecule has 154 valence electrons.